The lowest BCUT2D eigenvalue weighted by atomic mass is 10.1. The van der Waals surface area contributed by atoms with Crippen molar-refractivity contribution in [1.82, 2.24) is 5.16 Å². The molecule has 0 saturated heterocycles. The molecule has 0 radical (unpaired) electrons. The van der Waals surface area contributed by atoms with Gasteiger partial charge < -0.3 is 19.9 Å². The second-order valence-electron chi connectivity index (χ2n) is 4.93. The number of ether oxygens (including phenoxy) is 1. The zero-order valence-corrected chi connectivity index (χ0v) is 13.3. The molecule has 1 amide bonds. The fraction of sp³-hybridized carbons (Fsp3) is 0.214. The number of carbonyl (C=O) groups is 2. The largest absolute Gasteiger partial charge is 0.454 e. The highest BCUT2D eigenvalue weighted by atomic mass is 19.4. The van der Waals surface area contributed by atoms with Gasteiger partial charge in [-0.3, -0.25) is 19.7 Å². The van der Waals surface area contributed by atoms with Gasteiger partial charge in [0.05, 0.1) is 10.5 Å². The van der Waals surface area contributed by atoms with E-state index in [2.05, 4.69) is 25.1 Å². The molecule has 0 aliphatic carbocycles. The molecule has 0 spiro atoms. The van der Waals surface area contributed by atoms with E-state index in [9.17, 15) is 32.9 Å². The van der Waals surface area contributed by atoms with Gasteiger partial charge in [-0.25, -0.2) is 0 Å². The molecule has 0 unspecified atom stereocenters. The average molecular weight is 388 g/mol. The molecule has 0 aliphatic heterocycles. The average Bonchev–Trinajstić information content (AvgIpc) is 3.10. The molecule has 27 heavy (non-hydrogen) atoms. The third kappa shape index (κ3) is 5.69. The number of nitro groups is 1. The van der Waals surface area contributed by atoms with Gasteiger partial charge in [-0.15, -0.1) is 0 Å². The normalized spacial score (nSPS) is 10.9. The van der Waals surface area contributed by atoms with Crippen LogP contribution in [0.1, 0.15) is 5.56 Å². The van der Waals surface area contributed by atoms with Crippen LogP contribution in [0.25, 0.3) is 0 Å². The number of aromatic nitrogens is 1. The number of nitrogens with one attached hydrogen (secondary N) is 2. The molecule has 2 N–H and O–H groups in total. The number of halogens is 3. The number of alkyl halides is 3. The van der Waals surface area contributed by atoms with Gasteiger partial charge in [0.25, 0.3) is 11.6 Å². The van der Waals surface area contributed by atoms with Crippen LogP contribution < -0.4 is 10.6 Å². The number of anilines is 2. The molecule has 10 nitrogen and oxygen atoms in total. The molecule has 0 atom stereocenters. The quantitative estimate of drug-likeness (QED) is 0.418. The number of amides is 1. The van der Waals surface area contributed by atoms with Crippen molar-refractivity contribution in [3.05, 3.63) is 46.2 Å². The molecule has 0 saturated carbocycles. The first-order valence-electron chi connectivity index (χ1n) is 7.12. The molecular weight excluding hydrogens is 377 g/mol. The monoisotopic (exact) mass is 388 g/mol. The maximum Gasteiger partial charge on any atom is 0.416 e. The standard InChI is InChI=1S/C14H11F3N4O6/c15-14(16,17)8-1-2-9(10(5-8)21(24)25)18-6-13(23)26-7-12(22)19-11-3-4-27-20-11/h1-5,18H,6-7H2,(H,19,20,22). The highest BCUT2D eigenvalue weighted by molar-refractivity contribution is 5.92. The van der Waals surface area contributed by atoms with Crippen LogP contribution >= 0.6 is 0 Å². The minimum atomic E-state index is -4.75. The Morgan fingerprint density at radius 1 is 1.30 bits per heavy atom. The smallest absolute Gasteiger partial charge is 0.416 e. The Bertz CT molecular complexity index is 838. The van der Waals surface area contributed by atoms with Crippen LogP contribution in [-0.2, 0) is 20.5 Å². The van der Waals surface area contributed by atoms with Crippen molar-refractivity contribution in [2.75, 3.05) is 23.8 Å². The maximum absolute atomic E-state index is 12.6. The van der Waals surface area contributed by atoms with E-state index in [-0.39, 0.29) is 11.5 Å². The van der Waals surface area contributed by atoms with Crippen LogP contribution in [0.4, 0.5) is 30.4 Å². The minimum Gasteiger partial charge on any atom is -0.454 e. The predicted molar refractivity (Wildman–Crippen MR) is 82.7 cm³/mol. The zero-order chi connectivity index (χ0) is 20.0. The van der Waals surface area contributed by atoms with Crippen LogP contribution in [0, 0.1) is 10.1 Å². The number of carbonyl (C=O) groups excluding carboxylic acids is 2. The molecule has 1 aromatic carbocycles. The summed E-state index contributed by atoms with van der Waals surface area (Å²) in [5, 5.41) is 18.9. The fourth-order valence-electron chi connectivity index (χ4n) is 1.83. The Morgan fingerprint density at radius 3 is 2.63 bits per heavy atom. The molecule has 0 aliphatic rings. The minimum absolute atomic E-state index is 0.106. The van der Waals surface area contributed by atoms with Gasteiger partial charge in [0.2, 0.25) is 0 Å². The molecule has 0 fully saturated rings. The summed E-state index contributed by atoms with van der Waals surface area (Å²) in [6.45, 7) is -1.27. The Labute approximate surface area is 148 Å². The van der Waals surface area contributed by atoms with Gasteiger partial charge in [-0.2, -0.15) is 13.2 Å². The first-order valence-corrected chi connectivity index (χ1v) is 7.12. The Kier molecular flexibility index (Phi) is 5.95. The van der Waals surface area contributed by atoms with E-state index in [1.807, 2.05) is 0 Å². The van der Waals surface area contributed by atoms with Crippen molar-refractivity contribution in [3.8, 4) is 0 Å². The zero-order valence-electron chi connectivity index (χ0n) is 13.3. The number of esters is 1. The number of nitrogens with zero attached hydrogens (tertiary/aromatic N) is 2. The maximum atomic E-state index is 12.6. The molecule has 2 rings (SSSR count). The first-order chi connectivity index (χ1) is 12.7. The Morgan fingerprint density at radius 2 is 2.04 bits per heavy atom. The van der Waals surface area contributed by atoms with E-state index in [4.69, 9.17) is 0 Å². The van der Waals surface area contributed by atoms with Crippen molar-refractivity contribution in [3.63, 3.8) is 0 Å². The van der Waals surface area contributed by atoms with Crippen molar-refractivity contribution >= 4 is 29.1 Å². The SMILES string of the molecule is O=C(COC(=O)CNc1ccc(C(F)(F)F)cc1[N+](=O)[O-])Nc1ccon1. The van der Waals surface area contributed by atoms with Crippen LogP contribution in [0.3, 0.4) is 0 Å². The summed E-state index contributed by atoms with van der Waals surface area (Å²) in [6.07, 6.45) is -3.54. The van der Waals surface area contributed by atoms with Crippen molar-refractivity contribution < 1.29 is 36.9 Å². The van der Waals surface area contributed by atoms with Gasteiger partial charge >= 0.3 is 12.1 Å². The number of rotatable bonds is 7. The molecule has 144 valence electrons. The lowest BCUT2D eigenvalue weighted by Crippen LogP contribution is -2.24. The van der Waals surface area contributed by atoms with E-state index in [1.54, 1.807) is 0 Å². The van der Waals surface area contributed by atoms with Crippen molar-refractivity contribution in [1.29, 1.82) is 0 Å². The second kappa shape index (κ2) is 8.16. The third-order valence-electron chi connectivity index (χ3n) is 3.01. The number of nitro benzene ring substituents is 1. The summed E-state index contributed by atoms with van der Waals surface area (Å²) in [7, 11) is 0. The summed E-state index contributed by atoms with van der Waals surface area (Å²) in [5.41, 5.74) is -2.37. The number of hydrogen-bond acceptors (Lipinski definition) is 8. The van der Waals surface area contributed by atoms with E-state index in [0.29, 0.717) is 12.1 Å². The highest BCUT2D eigenvalue weighted by Gasteiger charge is 2.33. The number of benzene rings is 1. The summed E-state index contributed by atoms with van der Waals surface area (Å²) >= 11 is 0. The van der Waals surface area contributed by atoms with Gasteiger partial charge in [0.1, 0.15) is 18.5 Å². The fourth-order valence-corrected chi connectivity index (χ4v) is 1.83. The molecule has 1 heterocycles. The van der Waals surface area contributed by atoms with Gasteiger partial charge in [-0.1, -0.05) is 5.16 Å². The van der Waals surface area contributed by atoms with Gasteiger partial charge in [0, 0.05) is 12.1 Å². The first kappa shape index (κ1) is 19.7. The Hall–Kier alpha value is -3.64. The van der Waals surface area contributed by atoms with Crippen LogP contribution in [0.2, 0.25) is 0 Å². The predicted octanol–water partition coefficient (Wildman–Crippen LogP) is 2.20. The Balaban J connectivity index is 1.90. The van der Waals surface area contributed by atoms with E-state index >= 15 is 0 Å². The third-order valence-corrected chi connectivity index (χ3v) is 3.01. The number of hydrogen-bond donors (Lipinski definition) is 2. The van der Waals surface area contributed by atoms with Crippen molar-refractivity contribution in [2.24, 2.45) is 0 Å². The van der Waals surface area contributed by atoms with Gasteiger partial charge in [-0.05, 0) is 12.1 Å². The van der Waals surface area contributed by atoms with Crippen molar-refractivity contribution in [2.45, 2.75) is 6.18 Å². The molecule has 0 bridgehead atoms. The van der Waals surface area contributed by atoms with Crippen LogP contribution in [-0.4, -0.2) is 35.1 Å². The molecular formula is C14H11F3N4O6. The summed E-state index contributed by atoms with van der Waals surface area (Å²) < 4.78 is 47.0. The lowest BCUT2D eigenvalue weighted by Gasteiger charge is -2.10. The second-order valence-corrected chi connectivity index (χ2v) is 4.93. The summed E-state index contributed by atoms with van der Waals surface area (Å²) in [6, 6.07) is 3.15. The topological polar surface area (TPSA) is 137 Å². The van der Waals surface area contributed by atoms with E-state index < -0.39 is 47.4 Å². The van der Waals surface area contributed by atoms with E-state index in [1.165, 1.54) is 12.3 Å². The highest BCUT2D eigenvalue weighted by Crippen LogP contribution is 2.34. The van der Waals surface area contributed by atoms with Crippen LogP contribution in [0.5, 0.6) is 0 Å². The lowest BCUT2D eigenvalue weighted by molar-refractivity contribution is -0.384. The molecule has 13 heteroatoms. The van der Waals surface area contributed by atoms with Crippen LogP contribution in [0.15, 0.2) is 35.1 Å². The summed E-state index contributed by atoms with van der Waals surface area (Å²) in [4.78, 5) is 33.0. The molecule has 1 aromatic heterocycles. The molecule has 2 aromatic rings. The summed E-state index contributed by atoms with van der Waals surface area (Å²) in [5.74, 6) is -1.56. The van der Waals surface area contributed by atoms with Gasteiger partial charge in [0.15, 0.2) is 12.4 Å². The van der Waals surface area contributed by atoms with E-state index in [0.717, 1.165) is 6.07 Å².